The summed E-state index contributed by atoms with van der Waals surface area (Å²) in [7, 11) is 0. The lowest BCUT2D eigenvalue weighted by molar-refractivity contribution is -0.138. The number of rotatable bonds is 2. The first-order chi connectivity index (χ1) is 6.62. The number of hydrogen-bond donors (Lipinski definition) is 2. The maximum absolute atomic E-state index is 10.7. The van der Waals surface area contributed by atoms with E-state index in [1.807, 2.05) is 31.2 Å². The van der Waals surface area contributed by atoms with Crippen molar-refractivity contribution >= 4 is 11.7 Å². The molecule has 0 aliphatic carbocycles. The van der Waals surface area contributed by atoms with Crippen LogP contribution in [0, 0.1) is 0 Å². The molecule has 74 valence electrons. The molecule has 1 heterocycles. The molecular weight excluding hydrogens is 178 g/mol. The van der Waals surface area contributed by atoms with Gasteiger partial charge in [0, 0.05) is 17.6 Å². The maximum Gasteiger partial charge on any atom is 0.304 e. The van der Waals surface area contributed by atoms with Gasteiger partial charge in [-0.05, 0) is 11.6 Å². The van der Waals surface area contributed by atoms with Crippen molar-refractivity contribution in [2.45, 2.75) is 18.8 Å². The zero-order valence-electron chi connectivity index (χ0n) is 8.08. The van der Waals surface area contributed by atoms with Gasteiger partial charge in [0.2, 0.25) is 0 Å². The first-order valence-corrected chi connectivity index (χ1v) is 4.67. The molecule has 2 rings (SSSR count). The fourth-order valence-corrected chi connectivity index (χ4v) is 2.04. The third kappa shape index (κ3) is 1.35. The quantitative estimate of drug-likeness (QED) is 0.750. The van der Waals surface area contributed by atoms with E-state index in [-0.39, 0.29) is 11.8 Å². The van der Waals surface area contributed by atoms with Gasteiger partial charge in [0.15, 0.2) is 0 Å². The molecular formula is C11H13NO2. The Balaban J connectivity index is 2.37. The minimum Gasteiger partial charge on any atom is -0.481 e. The third-order valence-electron chi connectivity index (χ3n) is 2.79. The highest BCUT2D eigenvalue weighted by atomic mass is 16.4. The molecule has 1 atom stereocenters. The topological polar surface area (TPSA) is 49.3 Å². The third-order valence-corrected chi connectivity index (χ3v) is 2.79. The summed E-state index contributed by atoms with van der Waals surface area (Å²) in [6, 6.07) is 7.89. The highest BCUT2D eigenvalue weighted by molar-refractivity contribution is 5.72. The molecule has 3 nitrogen and oxygen atoms in total. The van der Waals surface area contributed by atoms with Gasteiger partial charge in [-0.15, -0.1) is 0 Å². The molecule has 2 N–H and O–H groups in total. The van der Waals surface area contributed by atoms with Crippen LogP contribution >= 0.6 is 0 Å². The number of carboxylic acids is 1. The highest BCUT2D eigenvalue weighted by Crippen LogP contribution is 2.38. The largest absolute Gasteiger partial charge is 0.481 e. The Morgan fingerprint density at radius 3 is 3.00 bits per heavy atom. The number of para-hydroxylation sites is 1. The van der Waals surface area contributed by atoms with Crippen molar-refractivity contribution in [2.24, 2.45) is 0 Å². The van der Waals surface area contributed by atoms with Crippen LogP contribution in [0.25, 0.3) is 0 Å². The van der Waals surface area contributed by atoms with Crippen molar-refractivity contribution in [2.75, 3.05) is 11.9 Å². The van der Waals surface area contributed by atoms with Crippen LogP contribution in [-0.2, 0) is 10.2 Å². The molecule has 0 spiro atoms. The highest BCUT2D eigenvalue weighted by Gasteiger charge is 2.35. The Labute approximate surface area is 82.8 Å². The van der Waals surface area contributed by atoms with Crippen molar-refractivity contribution < 1.29 is 9.90 Å². The SMILES string of the molecule is CC1(CC(=O)O)CNc2ccccc21. The van der Waals surface area contributed by atoms with Crippen molar-refractivity contribution in [3.05, 3.63) is 29.8 Å². The second-order valence-corrected chi connectivity index (χ2v) is 4.03. The molecule has 0 aromatic heterocycles. The van der Waals surface area contributed by atoms with Gasteiger partial charge in [0.25, 0.3) is 0 Å². The number of fused-ring (bicyclic) bond motifs is 1. The second-order valence-electron chi connectivity index (χ2n) is 4.03. The zero-order chi connectivity index (χ0) is 10.2. The Kier molecular flexibility index (Phi) is 1.95. The van der Waals surface area contributed by atoms with Crippen LogP contribution in [-0.4, -0.2) is 17.6 Å². The lowest BCUT2D eigenvalue weighted by atomic mass is 9.81. The predicted molar refractivity (Wildman–Crippen MR) is 54.5 cm³/mol. The minimum atomic E-state index is -0.744. The van der Waals surface area contributed by atoms with E-state index in [9.17, 15) is 4.79 Å². The predicted octanol–water partition coefficient (Wildman–Crippen LogP) is 1.84. The monoisotopic (exact) mass is 191 g/mol. The first kappa shape index (κ1) is 9.06. The first-order valence-electron chi connectivity index (χ1n) is 4.67. The van der Waals surface area contributed by atoms with Crippen molar-refractivity contribution in [3.8, 4) is 0 Å². The van der Waals surface area contributed by atoms with Crippen LogP contribution in [0.1, 0.15) is 18.9 Å². The molecule has 0 fully saturated rings. The van der Waals surface area contributed by atoms with E-state index in [1.165, 1.54) is 0 Å². The van der Waals surface area contributed by atoms with E-state index in [4.69, 9.17) is 5.11 Å². The number of hydrogen-bond acceptors (Lipinski definition) is 2. The Bertz CT molecular complexity index is 375. The maximum atomic E-state index is 10.7. The molecule has 0 saturated carbocycles. The summed E-state index contributed by atoms with van der Waals surface area (Å²) >= 11 is 0. The zero-order valence-corrected chi connectivity index (χ0v) is 8.08. The summed E-state index contributed by atoms with van der Waals surface area (Å²) in [6.45, 7) is 2.69. The second kappa shape index (κ2) is 3.01. The average Bonchev–Trinajstić information content (AvgIpc) is 2.44. The summed E-state index contributed by atoms with van der Waals surface area (Å²) in [6.07, 6.45) is 0.178. The lowest BCUT2D eigenvalue weighted by Crippen LogP contribution is -2.27. The molecule has 0 bridgehead atoms. The van der Waals surface area contributed by atoms with Gasteiger partial charge in [-0.3, -0.25) is 4.79 Å². The van der Waals surface area contributed by atoms with Gasteiger partial charge in [0.1, 0.15) is 0 Å². The van der Waals surface area contributed by atoms with E-state index in [2.05, 4.69) is 5.32 Å². The van der Waals surface area contributed by atoms with Gasteiger partial charge < -0.3 is 10.4 Å². The summed E-state index contributed by atoms with van der Waals surface area (Å²) in [5.74, 6) is -0.744. The molecule has 1 unspecified atom stereocenters. The smallest absolute Gasteiger partial charge is 0.304 e. The molecule has 1 aromatic carbocycles. The van der Waals surface area contributed by atoms with Crippen molar-refractivity contribution in [3.63, 3.8) is 0 Å². The molecule has 0 saturated heterocycles. The van der Waals surface area contributed by atoms with Gasteiger partial charge in [0.05, 0.1) is 6.42 Å². The van der Waals surface area contributed by atoms with Crippen molar-refractivity contribution in [1.29, 1.82) is 0 Å². The summed E-state index contributed by atoms with van der Waals surface area (Å²) in [5.41, 5.74) is 1.92. The molecule has 1 aromatic rings. The van der Waals surface area contributed by atoms with E-state index in [0.29, 0.717) is 6.54 Å². The van der Waals surface area contributed by atoms with Gasteiger partial charge in [-0.2, -0.15) is 0 Å². The van der Waals surface area contributed by atoms with E-state index < -0.39 is 5.97 Å². The summed E-state index contributed by atoms with van der Waals surface area (Å²) in [5, 5.41) is 12.1. The van der Waals surface area contributed by atoms with Gasteiger partial charge in [-0.1, -0.05) is 25.1 Å². The number of benzene rings is 1. The normalized spacial score (nSPS) is 24.1. The van der Waals surface area contributed by atoms with Crippen LogP contribution in [0.5, 0.6) is 0 Å². The van der Waals surface area contributed by atoms with Crippen LogP contribution in [0.2, 0.25) is 0 Å². The van der Waals surface area contributed by atoms with Gasteiger partial charge in [-0.25, -0.2) is 0 Å². The molecule has 0 amide bonds. The van der Waals surface area contributed by atoms with Gasteiger partial charge >= 0.3 is 5.97 Å². The van der Waals surface area contributed by atoms with E-state index >= 15 is 0 Å². The number of carboxylic acid groups (broad SMARTS) is 1. The number of nitrogens with one attached hydrogen (secondary N) is 1. The summed E-state index contributed by atoms with van der Waals surface area (Å²) < 4.78 is 0. The number of aliphatic carboxylic acids is 1. The summed E-state index contributed by atoms with van der Waals surface area (Å²) in [4.78, 5) is 10.7. The minimum absolute atomic E-state index is 0.178. The lowest BCUT2D eigenvalue weighted by Gasteiger charge is -2.21. The average molecular weight is 191 g/mol. The molecule has 14 heavy (non-hydrogen) atoms. The molecule has 1 aliphatic rings. The standard InChI is InChI=1S/C11H13NO2/c1-11(6-10(13)14)7-12-9-5-3-2-4-8(9)11/h2-5,12H,6-7H2,1H3,(H,13,14). The number of carbonyl (C=O) groups is 1. The molecule has 0 radical (unpaired) electrons. The Hall–Kier alpha value is -1.51. The van der Waals surface area contributed by atoms with Crippen LogP contribution < -0.4 is 5.32 Å². The van der Waals surface area contributed by atoms with Crippen molar-refractivity contribution in [1.82, 2.24) is 0 Å². The van der Waals surface area contributed by atoms with Crippen LogP contribution in [0.4, 0.5) is 5.69 Å². The fraction of sp³-hybridized carbons (Fsp3) is 0.364. The Morgan fingerprint density at radius 2 is 2.29 bits per heavy atom. The van der Waals surface area contributed by atoms with E-state index in [1.54, 1.807) is 0 Å². The Morgan fingerprint density at radius 1 is 1.57 bits per heavy atom. The van der Waals surface area contributed by atoms with Crippen LogP contribution in [0.15, 0.2) is 24.3 Å². The van der Waals surface area contributed by atoms with Crippen LogP contribution in [0.3, 0.4) is 0 Å². The fourth-order valence-electron chi connectivity index (χ4n) is 2.04. The molecule has 3 heteroatoms. The van der Waals surface area contributed by atoms with E-state index in [0.717, 1.165) is 11.3 Å². The number of anilines is 1. The molecule has 1 aliphatic heterocycles.